The Morgan fingerprint density at radius 3 is 3.06 bits per heavy atom. The van der Waals surface area contributed by atoms with Gasteiger partial charge in [-0.15, -0.1) is 4.52 Å². The third-order valence-electron chi connectivity index (χ3n) is 2.40. The second kappa shape index (κ2) is 5.56. The van der Waals surface area contributed by atoms with E-state index in [0.29, 0.717) is 30.1 Å². The van der Waals surface area contributed by atoms with Gasteiger partial charge in [0.15, 0.2) is 11.5 Å². The van der Waals surface area contributed by atoms with Crippen LogP contribution in [0.1, 0.15) is 6.92 Å². The van der Waals surface area contributed by atoms with Gasteiger partial charge in [0, 0.05) is 12.5 Å². The van der Waals surface area contributed by atoms with E-state index in [9.17, 15) is 4.57 Å². The van der Waals surface area contributed by atoms with Crippen LogP contribution in [0.15, 0.2) is 12.7 Å². The van der Waals surface area contributed by atoms with E-state index in [4.69, 9.17) is 21.5 Å². The van der Waals surface area contributed by atoms with E-state index in [1.54, 1.807) is 6.33 Å². The average molecular weight is 289 g/mol. The summed E-state index contributed by atoms with van der Waals surface area (Å²) >= 11 is 5.25. The lowest BCUT2D eigenvalue weighted by molar-refractivity contribution is 0.262. The molecule has 2 rings (SSSR count). The molecule has 0 saturated heterocycles. The minimum Gasteiger partial charge on any atom is -0.382 e. The fraction of sp³-hybridized carbons (Fsp3) is 0.444. The Kier molecular flexibility index (Phi) is 4.06. The lowest BCUT2D eigenvalue weighted by Gasteiger charge is -2.08. The van der Waals surface area contributed by atoms with Crippen LogP contribution in [-0.4, -0.2) is 26.1 Å². The van der Waals surface area contributed by atoms with Crippen molar-refractivity contribution in [2.45, 2.75) is 13.5 Å². The summed E-state index contributed by atoms with van der Waals surface area (Å²) in [4.78, 5) is 12.2. The van der Waals surface area contributed by atoms with Crippen molar-refractivity contribution in [3.05, 3.63) is 12.7 Å². The summed E-state index contributed by atoms with van der Waals surface area (Å²) in [5, 5.41) is 0. The lowest BCUT2D eigenvalue weighted by Crippen LogP contribution is -2.11. The Bertz CT molecular complexity index is 575. The monoisotopic (exact) mass is 288 g/mol. The molecule has 2 heterocycles. The van der Waals surface area contributed by atoms with Gasteiger partial charge in [-0.2, -0.15) is 0 Å². The molecule has 1 unspecified atom stereocenters. The molecule has 0 saturated carbocycles. The van der Waals surface area contributed by atoms with Crippen molar-refractivity contribution in [2.75, 3.05) is 12.3 Å². The summed E-state index contributed by atoms with van der Waals surface area (Å²) in [6, 6.07) is 0. The van der Waals surface area contributed by atoms with Crippen molar-refractivity contribution in [1.29, 1.82) is 0 Å². The van der Waals surface area contributed by atoms with Crippen LogP contribution in [0.25, 0.3) is 11.2 Å². The summed E-state index contributed by atoms with van der Waals surface area (Å²) in [6.45, 7) is 2.87. The number of anilines is 1. The summed E-state index contributed by atoms with van der Waals surface area (Å²) in [5.41, 5.74) is 6.94. The van der Waals surface area contributed by atoms with Gasteiger partial charge < -0.3 is 10.3 Å². The first kappa shape index (κ1) is 13.1. The van der Waals surface area contributed by atoms with Crippen LogP contribution in [0, 0.1) is 5.92 Å². The highest BCUT2D eigenvalue weighted by Gasteiger charge is 2.17. The molecular formula is C9H12ClN5O2P+. The Morgan fingerprint density at radius 2 is 2.33 bits per heavy atom. The molecule has 96 valence electrons. The van der Waals surface area contributed by atoms with E-state index in [1.165, 1.54) is 6.33 Å². The number of rotatable bonds is 5. The van der Waals surface area contributed by atoms with Gasteiger partial charge in [-0.05, 0) is 4.57 Å². The van der Waals surface area contributed by atoms with Crippen molar-refractivity contribution in [3.8, 4) is 0 Å². The van der Waals surface area contributed by atoms with Gasteiger partial charge in [-0.3, -0.25) is 0 Å². The van der Waals surface area contributed by atoms with Gasteiger partial charge >= 0.3 is 7.38 Å². The molecule has 0 aliphatic heterocycles. The third-order valence-corrected chi connectivity index (χ3v) is 3.04. The van der Waals surface area contributed by atoms with Gasteiger partial charge in [0.2, 0.25) is 11.2 Å². The predicted octanol–water partition coefficient (Wildman–Crippen LogP) is 1.96. The summed E-state index contributed by atoms with van der Waals surface area (Å²) in [5.74, 6) is 0.475. The minimum atomic E-state index is -2.08. The molecule has 2 aromatic heterocycles. The first-order chi connectivity index (χ1) is 8.58. The SMILES string of the molecule is C[C@@H](CO[P+](=O)Cl)Cn1cnc2c(N)ncnc21. The van der Waals surface area contributed by atoms with Gasteiger partial charge in [0.25, 0.3) is 0 Å². The van der Waals surface area contributed by atoms with Crippen molar-refractivity contribution >= 4 is 35.6 Å². The molecule has 0 bridgehead atoms. The number of halogens is 1. The maximum atomic E-state index is 10.6. The molecule has 0 radical (unpaired) electrons. The number of hydrogen-bond donors (Lipinski definition) is 1. The van der Waals surface area contributed by atoms with Crippen LogP contribution in [0.5, 0.6) is 0 Å². The predicted molar refractivity (Wildman–Crippen MR) is 68.3 cm³/mol. The Labute approximate surface area is 109 Å². The zero-order valence-electron chi connectivity index (χ0n) is 9.65. The third kappa shape index (κ3) is 2.93. The second-order valence-corrected chi connectivity index (χ2v) is 5.45. The zero-order chi connectivity index (χ0) is 13.1. The quantitative estimate of drug-likeness (QED) is 0.845. The summed E-state index contributed by atoms with van der Waals surface area (Å²) in [6.07, 6.45) is 3.04. The molecule has 18 heavy (non-hydrogen) atoms. The number of nitrogens with two attached hydrogens (primary N) is 1. The van der Waals surface area contributed by atoms with E-state index >= 15 is 0 Å². The molecule has 2 aromatic rings. The zero-order valence-corrected chi connectivity index (χ0v) is 11.3. The molecule has 0 aromatic carbocycles. The average Bonchev–Trinajstić information content (AvgIpc) is 2.72. The van der Waals surface area contributed by atoms with E-state index in [0.717, 1.165) is 0 Å². The Hall–Kier alpha value is -1.30. The fourth-order valence-corrected chi connectivity index (χ4v) is 2.15. The topological polar surface area (TPSA) is 95.9 Å². The molecule has 0 spiro atoms. The van der Waals surface area contributed by atoms with Gasteiger partial charge in [0.1, 0.15) is 18.5 Å². The second-order valence-electron chi connectivity index (χ2n) is 3.94. The number of nitrogens with zero attached hydrogens (tertiary/aromatic N) is 4. The smallest absolute Gasteiger partial charge is 0.382 e. The van der Waals surface area contributed by atoms with Gasteiger partial charge in [0.05, 0.1) is 6.33 Å². The molecule has 0 amide bonds. The fourth-order valence-electron chi connectivity index (χ4n) is 1.61. The maximum Gasteiger partial charge on any atom is 0.633 e. The van der Waals surface area contributed by atoms with Crippen molar-refractivity contribution in [3.63, 3.8) is 0 Å². The highest BCUT2D eigenvalue weighted by molar-refractivity contribution is 7.69. The van der Waals surface area contributed by atoms with Crippen LogP contribution < -0.4 is 5.73 Å². The molecule has 2 N–H and O–H groups in total. The first-order valence-corrected chi connectivity index (χ1v) is 7.33. The Balaban J connectivity index is 2.12. The molecule has 0 fully saturated rings. The molecule has 0 aliphatic carbocycles. The minimum absolute atomic E-state index is 0.122. The van der Waals surface area contributed by atoms with E-state index in [-0.39, 0.29) is 5.92 Å². The first-order valence-electron chi connectivity index (χ1n) is 5.25. The van der Waals surface area contributed by atoms with E-state index in [1.807, 2.05) is 11.5 Å². The van der Waals surface area contributed by atoms with Crippen LogP contribution in [0.3, 0.4) is 0 Å². The number of imidazole rings is 1. The Morgan fingerprint density at radius 1 is 1.56 bits per heavy atom. The largest absolute Gasteiger partial charge is 0.633 e. The number of aromatic nitrogens is 4. The standard InChI is InChI=1S/C9H12ClN5O2P/c1-6(3-17-18(10)16)2-15-5-14-7-8(11)12-4-13-9(7)15/h4-6H,2-3H2,1H3,(H2,11,12,13)/q+1/t6-/m1/s1. The van der Waals surface area contributed by atoms with Gasteiger partial charge in [-0.1, -0.05) is 6.92 Å². The molecule has 7 nitrogen and oxygen atoms in total. The number of nitrogen functional groups attached to an aromatic ring is 1. The molecular weight excluding hydrogens is 277 g/mol. The van der Waals surface area contributed by atoms with Crippen molar-refractivity contribution < 1.29 is 9.09 Å². The van der Waals surface area contributed by atoms with Crippen LogP contribution in [-0.2, 0) is 15.6 Å². The molecule has 9 heteroatoms. The lowest BCUT2D eigenvalue weighted by atomic mass is 10.2. The highest BCUT2D eigenvalue weighted by Crippen LogP contribution is 2.28. The number of fused-ring (bicyclic) bond motifs is 1. The maximum absolute atomic E-state index is 10.6. The van der Waals surface area contributed by atoms with Crippen molar-refractivity contribution in [1.82, 2.24) is 19.5 Å². The molecule has 2 atom stereocenters. The van der Waals surface area contributed by atoms with E-state index < -0.39 is 7.38 Å². The van der Waals surface area contributed by atoms with Gasteiger partial charge in [-0.25, -0.2) is 15.0 Å². The van der Waals surface area contributed by atoms with Crippen LogP contribution in [0.4, 0.5) is 5.82 Å². The normalized spacial score (nSPS) is 13.8. The number of hydrogen-bond acceptors (Lipinski definition) is 6. The van der Waals surface area contributed by atoms with E-state index in [2.05, 4.69) is 15.0 Å². The van der Waals surface area contributed by atoms with Crippen molar-refractivity contribution in [2.24, 2.45) is 5.92 Å². The highest BCUT2D eigenvalue weighted by atomic mass is 35.7. The molecule has 0 aliphatic rings. The summed E-state index contributed by atoms with van der Waals surface area (Å²) < 4.78 is 17.4. The van der Waals surface area contributed by atoms with Crippen LogP contribution in [0.2, 0.25) is 0 Å². The summed E-state index contributed by atoms with van der Waals surface area (Å²) in [7, 11) is -2.08. The van der Waals surface area contributed by atoms with Crippen LogP contribution >= 0.6 is 18.6 Å².